The summed E-state index contributed by atoms with van der Waals surface area (Å²) in [4.78, 5) is 29.4. The lowest BCUT2D eigenvalue weighted by atomic mass is 9.93. The minimum Gasteiger partial charge on any atom is -0.495 e. The molecule has 0 bridgehead atoms. The van der Waals surface area contributed by atoms with Crippen LogP contribution in [0.3, 0.4) is 0 Å². The molecule has 0 saturated heterocycles. The number of urea groups is 1. The van der Waals surface area contributed by atoms with Gasteiger partial charge in [-0.05, 0) is 36.6 Å². The Balaban J connectivity index is 1.71. The molecule has 1 aliphatic rings. The standard InChI is InChI=1S/C23H29N3O4/c1-17-19-9-5-4-8-18(19)12-13-26(17)22(27)16-25(14-15-29-2)23(28)24-20-10-6-7-11-21(20)30-3/h4-11,17H,12-16H2,1-3H3,(H,24,28). The van der Waals surface area contributed by atoms with E-state index in [1.54, 1.807) is 26.4 Å². The summed E-state index contributed by atoms with van der Waals surface area (Å²) < 4.78 is 10.4. The number of methoxy groups -OCH3 is 2. The number of anilines is 1. The van der Waals surface area contributed by atoms with E-state index in [4.69, 9.17) is 9.47 Å². The lowest BCUT2D eigenvalue weighted by Gasteiger charge is -2.36. The molecule has 1 aliphatic heterocycles. The predicted octanol–water partition coefficient (Wildman–Crippen LogP) is 3.32. The smallest absolute Gasteiger partial charge is 0.322 e. The van der Waals surface area contributed by atoms with Gasteiger partial charge in [0.2, 0.25) is 5.91 Å². The molecule has 1 atom stereocenters. The number of para-hydroxylation sites is 2. The van der Waals surface area contributed by atoms with Crippen molar-refractivity contribution in [3.05, 3.63) is 59.7 Å². The first kappa shape index (κ1) is 21.6. The van der Waals surface area contributed by atoms with E-state index < -0.39 is 0 Å². The number of amides is 3. The van der Waals surface area contributed by atoms with Gasteiger partial charge in [-0.15, -0.1) is 0 Å². The quantitative estimate of drug-likeness (QED) is 0.759. The predicted molar refractivity (Wildman–Crippen MR) is 116 cm³/mol. The molecule has 0 spiro atoms. The lowest BCUT2D eigenvalue weighted by molar-refractivity contribution is -0.134. The third kappa shape index (κ3) is 4.91. The van der Waals surface area contributed by atoms with Crippen LogP contribution in [0.4, 0.5) is 10.5 Å². The first-order chi connectivity index (χ1) is 14.5. The molecular weight excluding hydrogens is 382 g/mol. The summed E-state index contributed by atoms with van der Waals surface area (Å²) in [6.07, 6.45) is 0.817. The van der Waals surface area contributed by atoms with Crippen LogP contribution in [-0.2, 0) is 16.0 Å². The molecule has 30 heavy (non-hydrogen) atoms. The molecule has 2 aromatic rings. The Bertz CT molecular complexity index is 886. The van der Waals surface area contributed by atoms with E-state index in [0.717, 1.165) is 6.42 Å². The fourth-order valence-corrected chi connectivity index (χ4v) is 3.76. The van der Waals surface area contributed by atoms with E-state index >= 15 is 0 Å². The average Bonchev–Trinajstić information content (AvgIpc) is 2.77. The number of hydrogen-bond acceptors (Lipinski definition) is 4. The van der Waals surface area contributed by atoms with Gasteiger partial charge in [0.05, 0.1) is 25.4 Å². The van der Waals surface area contributed by atoms with Crippen LogP contribution in [-0.4, -0.2) is 62.2 Å². The van der Waals surface area contributed by atoms with Crippen molar-refractivity contribution in [1.82, 2.24) is 9.80 Å². The fourth-order valence-electron chi connectivity index (χ4n) is 3.76. The Morgan fingerprint density at radius 3 is 2.63 bits per heavy atom. The highest BCUT2D eigenvalue weighted by atomic mass is 16.5. The van der Waals surface area contributed by atoms with Gasteiger partial charge in [-0.25, -0.2) is 4.79 Å². The molecule has 160 valence electrons. The van der Waals surface area contributed by atoms with Crippen molar-refractivity contribution in [1.29, 1.82) is 0 Å². The normalized spacial score (nSPS) is 15.3. The Morgan fingerprint density at radius 1 is 1.13 bits per heavy atom. The summed E-state index contributed by atoms with van der Waals surface area (Å²) in [5, 5.41) is 2.84. The number of rotatable bonds is 7. The number of carbonyl (C=O) groups is 2. The van der Waals surface area contributed by atoms with Gasteiger partial charge in [0.25, 0.3) is 0 Å². The number of fused-ring (bicyclic) bond motifs is 1. The summed E-state index contributed by atoms with van der Waals surface area (Å²) in [5.41, 5.74) is 3.00. The molecule has 3 amide bonds. The van der Waals surface area contributed by atoms with Crippen molar-refractivity contribution in [3.63, 3.8) is 0 Å². The Labute approximate surface area is 177 Å². The third-order valence-electron chi connectivity index (χ3n) is 5.44. The molecule has 0 aliphatic carbocycles. The lowest BCUT2D eigenvalue weighted by Crippen LogP contribution is -2.48. The fraction of sp³-hybridized carbons (Fsp3) is 0.391. The van der Waals surface area contributed by atoms with Crippen LogP contribution >= 0.6 is 0 Å². The summed E-state index contributed by atoms with van der Waals surface area (Å²) in [6.45, 7) is 3.30. The maximum Gasteiger partial charge on any atom is 0.322 e. The molecule has 0 saturated carbocycles. The molecule has 0 aromatic heterocycles. The molecule has 3 rings (SSSR count). The van der Waals surface area contributed by atoms with Crippen LogP contribution in [0, 0.1) is 0 Å². The van der Waals surface area contributed by atoms with Crippen molar-refractivity contribution in [2.75, 3.05) is 45.8 Å². The maximum atomic E-state index is 13.1. The molecular formula is C23H29N3O4. The molecule has 1 N–H and O–H groups in total. The highest BCUT2D eigenvalue weighted by Gasteiger charge is 2.29. The van der Waals surface area contributed by atoms with Crippen LogP contribution in [0.15, 0.2) is 48.5 Å². The topological polar surface area (TPSA) is 71.1 Å². The summed E-state index contributed by atoms with van der Waals surface area (Å²) in [5.74, 6) is 0.480. The van der Waals surface area contributed by atoms with Gasteiger partial charge in [0.15, 0.2) is 0 Å². The number of carbonyl (C=O) groups excluding carboxylic acids is 2. The van der Waals surface area contributed by atoms with Crippen molar-refractivity contribution in [2.45, 2.75) is 19.4 Å². The molecule has 1 unspecified atom stereocenters. The van der Waals surface area contributed by atoms with Crippen LogP contribution in [0.2, 0.25) is 0 Å². The molecule has 1 heterocycles. The second-order valence-corrected chi connectivity index (χ2v) is 7.26. The molecule has 7 heteroatoms. The largest absolute Gasteiger partial charge is 0.495 e. The molecule has 7 nitrogen and oxygen atoms in total. The zero-order valence-electron chi connectivity index (χ0n) is 17.8. The van der Waals surface area contributed by atoms with Gasteiger partial charge in [0.1, 0.15) is 12.3 Å². The van der Waals surface area contributed by atoms with Crippen molar-refractivity contribution in [2.24, 2.45) is 0 Å². The number of nitrogens with zero attached hydrogens (tertiary/aromatic N) is 2. The first-order valence-electron chi connectivity index (χ1n) is 10.1. The number of nitrogens with one attached hydrogen (secondary N) is 1. The highest BCUT2D eigenvalue weighted by molar-refractivity contribution is 5.93. The molecule has 0 radical (unpaired) electrons. The average molecular weight is 412 g/mol. The summed E-state index contributed by atoms with van der Waals surface area (Å²) in [7, 11) is 3.12. The molecule has 2 aromatic carbocycles. The third-order valence-corrected chi connectivity index (χ3v) is 5.44. The van der Waals surface area contributed by atoms with Gasteiger partial charge in [0, 0.05) is 20.2 Å². The minimum atomic E-state index is -0.366. The SMILES string of the molecule is COCCN(CC(=O)N1CCc2ccccc2C1C)C(=O)Nc1ccccc1OC. The monoisotopic (exact) mass is 411 g/mol. The Hall–Kier alpha value is -3.06. The van der Waals surface area contributed by atoms with Gasteiger partial charge in [-0.3, -0.25) is 4.79 Å². The van der Waals surface area contributed by atoms with E-state index in [1.165, 1.54) is 16.0 Å². The number of ether oxygens (including phenoxy) is 2. The Morgan fingerprint density at radius 2 is 1.87 bits per heavy atom. The highest BCUT2D eigenvalue weighted by Crippen LogP contribution is 2.29. The van der Waals surface area contributed by atoms with Gasteiger partial charge in [-0.2, -0.15) is 0 Å². The summed E-state index contributed by atoms with van der Waals surface area (Å²) >= 11 is 0. The summed E-state index contributed by atoms with van der Waals surface area (Å²) in [6, 6.07) is 15.0. The van der Waals surface area contributed by atoms with E-state index in [2.05, 4.69) is 17.4 Å². The number of hydrogen-bond donors (Lipinski definition) is 1. The van der Waals surface area contributed by atoms with E-state index in [9.17, 15) is 9.59 Å². The van der Waals surface area contributed by atoms with Crippen molar-refractivity contribution in [3.8, 4) is 5.75 Å². The van der Waals surface area contributed by atoms with Crippen LogP contribution in [0.25, 0.3) is 0 Å². The minimum absolute atomic E-state index is 0.0170. The van der Waals surface area contributed by atoms with E-state index in [0.29, 0.717) is 31.1 Å². The first-order valence-corrected chi connectivity index (χ1v) is 10.1. The zero-order chi connectivity index (χ0) is 21.5. The van der Waals surface area contributed by atoms with Crippen molar-refractivity contribution < 1.29 is 19.1 Å². The van der Waals surface area contributed by atoms with Gasteiger partial charge in [-0.1, -0.05) is 36.4 Å². The Kier molecular flexibility index (Phi) is 7.30. The zero-order valence-corrected chi connectivity index (χ0v) is 17.8. The second-order valence-electron chi connectivity index (χ2n) is 7.26. The number of benzene rings is 2. The van der Waals surface area contributed by atoms with Crippen LogP contribution in [0.1, 0.15) is 24.1 Å². The van der Waals surface area contributed by atoms with Crippen molar-refractivity contribution >= 4 is 17.6 Å². The molecule has 0 fully saturated rings. The van der Waals surface area contributed by atoms with Crippen LogP contribution < -0.4 is 10.1 Å². The second kappa shape index (κ2) is 10.1. The maximum absolute atomic E-state index is 13.1. The van der Waals surface area contributed by atoms with E-state index in [1.807, 2.05) is 36.1 Å². The van der Waals surface area contributed by atoms with Gasteiger partial charge < -0.3 is 24.6 Å². The van der Waals surface area contributed by atoms with Crippen LogP contribution in [0.5, 0.6) is 5.75 Å². The van der Waals surface area contributed by atoms with Gasteiger partial charge >= 0.3 is 6.03 Å². The van der Waals surface area contributed by atoms with E-state index in [-0.39, 0.29) is 24.5 Å².